The van der Waals surface area contributed by atoms with Gasteiger partial charge in [-0.05, 0) is 49.2 Å². The molecule has 0 aliphatic carbocycles. The number of para-hydroxylation sites is 1. The van der Waals surface area contributed by atoms with Gasteiger partial charge in [0.1, 0.15) is 0 Å². The maximum Gasteiger partial charge on any atom is 0.264 e. The molecule has 0 amide bonds. The molecule has 2 aromatic rings. The Morgan fingerprint density at radius 1 is 0.960 bits per heavy atom. The van der Waals surface area contributed by atoms with Crippen molar-refractivity contribution in [3.8, 4) is 0 Å². The van der Waals surface area contributed by atoms with E-state index in [0.717, 1.165) is 6.42 Å². The van der Waals surface area contributed by atoms with Crippen molar-refractivity contribution in [1.82, 2.24) is 0 Å². The fourth-order valence-electron chi connectivity index (χ4n) is 2.80. The third-order valence-electron chi connectivity index (χ3n) is 4.25. The van der Waals surface area contributed by atoms with Gasteiger partial charge in [0.25, 0.3) is 10.0 Å². The molecule has 6 nitrogen and oxygen atoms in total. The number of anilines is 2. The fraction of sp³-hybridized carbons (Fsp3) is 0.294. The first-order chi connectivity index (χ1) is 11.8. The van der Waals surface area contributed by atoms with E-state index in [1.54, 1.807) is 36.4 Å². The van der Waals surface area contributed by atoms with Gasteiger partial charge in [0, 0.05) is 13.6 Å². The first kappa shape index (κ1) is 17.8. The summed E-state index contributed by atoms with van der Waals surface area (Å²) in [5, 5.41) is 0. The Morgan fingerprint density at radius 2 is 1.60 bits per heavy atom. The molecule has 0 bridgehead atoms. The Kier molecular flexibility index (Phi) is 4.75. The van der Waals surface area contributed by atoms with Crippen molar-refractivity contribution in [2.75, 3.05) is 28.0 Å². The second kappa shape index (κ2) is 6.68. The third-order valence-corrected chi connectivity index (χ3v) is 7.92. The van der Waals surface area contributed by atoms with Gasteiger partial charge in [0.15, 0.2) is 0 Å². The highest BCUT2D eigenvalue weighted by molar-refractivity contribution is 7.93. The molecule has 0 atom stereocenters. The quantitative estimate of drug-likeness (QED) is 0.816. The van der Waals surface area contributed by atoms with Crippen LogP contribution in [0.5, 0.6) is 0 Å². The van der Waals surface area contributed by atoms with Crippen LogP contribution >= 0.6 is 0 Å². The normalized spacial score (nSPS) is 17.2. The second-order valence-electron chi connectivity index (χ2n) is 5.90. The molecule has 25 heavy (non-hydrogen) atoms. The van der Waals surface area contributed by atoms with E-state index < -0.39 is 20.0 Å². The van der Waals surface area contributed by atoms with Crippen LogP contribution < -0.4 is 8.61 Å². The third kappa shape index (κ3) is 3.50. The van der Waals surface area contributed by atoms with Gasteiger partial charge < -0.3 is 0 Å². The van der Waals surface area contributed by atoms with Gasteiger partial charge in [0.05, 0.1) is 22.0 Å². The fourth-order valence-corrected chi connectivity index (χ4v) is 5.63. The highest BCUT2D eigenvalue weighted by atomic mass is 32.2. The molecule has 0 aromatic heterocycles. The van der Waals surface area contributed by atoms with E-state index in [1.807, 2.05) is 6.07 Å². The number of nitrogens with zero attached hydrogens (tertiary/aromatic N) is 2. The molecule has 0 radical (unpaired) electrons. The molecule has 0 unspecified atom stereocenters. The molecule has 1 fully saturated rings. The van der Waals surface area contributed by atoms with Crippen molar-refractivity contribution in [2.24, 2.45) is 0 Å². The van der Waals surface area contributed by atoms with Crippen LogP contribution in [0.1, 0.15) is 12.8 Å². The molecule has 1 saturated heterocycles. The van der Waals surface area contributed by atoms with Crippen LogP contribution in [0.25, 0.3) is 0 Å². The van der Waals surface area contributed by atoms with Crippen molar-refractivity contribution in [3.05, 3.63) is 54.6 Å². The van der Waals surface area contributed by atoms with E-state index in [9.17, 15) is 16.8 Å². The number of benzene rings is 2. The molecular weight excluding hydrogens is 360 g/mol. The summed E-state index contributed by atoms with van der Waals surface area (Å²) in [7, 11) is -5.52. The van der Waals surface area contributed by atoms with E-state index in [1.165, 1.54) is 27.8 Å². The first-order valence-corrected chi connectivity index (χ1v) is 11.0. The molecule has 3 rings (SSSR count). The molecule has 0 N–H and O–H groups in total. The van der Waals surface area contributed by atoms with Crippen molar-refractivity contribution in [3.63, 3.8) is 0 Å². The Morgan fingerprint density at radius 3 is 2.20 bits per heavy atom. The highest BCUT2D eigenvalue weighted by Crippen LogP contribution is 2.27. The molecule has 8 heteroatoms. The van der Waals surface area contributed by atoms with E-state index >= 15 is 0 Å². The number of sulfonamides is 2. The van der Waals surface area contributed by atoms with Gasteiger partial charge in [0.2, 0.25) is 10.0 Å². The monoisotopic (exact) mass is 380 g/mol. The van der Waals surface area contributed by atoms with Crippen molar-refractivity contribution < 1.29 is 16.8 Å². The Labute approximate surface area is 148 Å². The minimum absolute atomic E-state index is 0.122. The van der Waals surface area contributed by atoms with Crippen LogP contribution in [-0.4, -0.2) is 36.2 Å². The summed E-state index contributed by atoms with van der Waals surface area (Å²) < 4.78 is 52.4. The molecule has 0 spiro atoms. The summed E-state index contributed by atoms with van der Waals surface area (Å²) in [5.74, 6) is 0.129. The van der Waals surface area contributed by atoms with Crippen LogP contribution in [0.4, 0.5) is 11.4 Å². The standard InChI is InChI=1S/C17H20N2O4S2/c1-18(15-7-3-2-4-8-15)25(22,23)17-11-9-16(10-12-17)19-13-5-6-14-24(19,20)21/h2-4,7-12H,5-6,13-14H2,1H3. The zero-order valence-corrected chi connectivity index (χ0v) is 15.5. The smallest absolute Gasteiger partial charge is 0.264 e. The molecule has 1 heterocycles. The van der Waals surface area contributed by atoms with Crippen LogP contribution in [0, 0.1) is 0 Å². The topological polar surface area (TPSA) is 74.8 Å². The lowest BCUT2D eigenvalue weighted by Gasteiger charge is -2.28. The van der Waals surface area contributed by atoms with E-state index in [4.69, 9.17) is 0 Å². The Bertz CT molecular complexity index is 940. The summed E-state index contributed by atoms with van der Waals surface area (Å²) in [6, 6.07) is 14.8. The highest BCUT2D eigenvalue weighted by Gasteiger charge is 2.27. The lowest BCUT2D eigenvalue weighted by molar-refractivity contribution is 0.574. The summed E-state index contributed by atoms with van der Waals surface area (Å²) in [4.78, 5) is 0.122. The summed E-state index contributed by atoms with van der Waals surface area (Å²) in [5.41, 5.74) is 1.06. The molecule has 134 valence electrons. The lowest BCUT2D eigenvalue weighted by Crippen LogP contribution is -2.37. The van der Waals surface area contributed by atoms with Crippen LogP contribution in [0.15, 0.2) is 59.5 Å². The Hall–Kier alpha value is -2.06. The van der Waals surface area contributed by atoms with E-state index in [0.29, 0.717) is 24.3 Å². The van der Waals surface area contributed by atoms with Gasteiger partial charge in [-0.15, -0.1) is 0 Å². The maximum absolute atomic E-state index is 12.7. The Balaban J connectivity index is 1.89. The van der Waals surface area contributed by atoms with Gasteiger partial charge in [-0.3, -0.25) is 8.61 Å². The van der Waals surface area contributed by atoms with Crippen molar-refractivity contribution in [1.29, 1.82) is 0 Å². The molecule has 1 aliphatic heterocycles. The van der Waals surface area contributed by atoms with Crippen molar-refractivity contribution in [2.45, 2.75) is 17.7 Å². The zero-order valence-electron chi connectivity index (χ0n) is 13.9. The summed E-state index contributed by atoms with van der Waals surface area (Å²) in [6.07, 6.45) is 1.46. The average molecular weight is 380 g/mol. The van der Waals surface area contributed by atoms with Crippen LogP contribution in [0.3, 0.4) is 0 Å². The first-order valence-electron chi connectivity index (χ1n) is 7.97. The van der Waals surface area contributed by atoms with Crippen LogP contribution in [0.2, 0.25) is 0 Å². The maximum atomic E-state index is 12.7. The van der Waals surface area contributed by atoms with E-state index in [2.05, 4.69) is 0 Å². The van der Waals surface area contributed by atoms with Gasteiger partial charge >= 0.3 is 0 Å². The predicted molar refractivity (Wildman–Crippen MR) is 98.8 cm³/mol. The molecule has 2 aromatic carbocycles. The van der Waals surface area contributed by atoms with Crippen LogP contribution in [-0.2, 0) is 20.0 Å². The van der Waals surface area contributed by atoms with Gasteiger partial charge in [-0.1, -0.05) is 18.2 Å². The number of rotatable bonds is 4. The minimum atomic E-state index is -3.70. The number of hydrogen-bond donors (Lipinski definition) is 0. The molecule has 1 aliphatic rings. The predicted octanol–water partition coefficient (Wildman–Crippen LogP) is 2.44. The SMILES string of the molecule is CN(c1ccccc1)S(=O)(=O)c1ccc(N2CCCCS2(=O)=O)cc1. The average Bonchev–Trinajstić information content (AvgIpc) is 2.61. The minimum Gasteiger partial charge on any atom is -0.270 e. The van der Waals surface area contributed by atoms with Gasteiger partial charge in [-0.2, -0.15) is 0 Å². The van der Waals surface area contributed by atoms with Crippen molar-refractivity contribution >= 4 is 31.4 Å². The van der Waals surface area contributed by atoms with E-state index in [-0.39, 0.29) is 10.6 Å². The summed E-state index contributed by atoms with van der Waals surface area (Å²) in [6.45, 7) is 0.429. The zero-order chi connectivity index (χ0) is 18.1. The van der Waals surface area contributed by atoms with Gasteiger partial charge in [-0.25, -0.2) is 16.8 Å². The lowest BCUT2D eigenvalue weighted by atomic mass is 10.3. The summed E-state index contributed by atoms with van der Waals surface area (Å²) >= 11 is 0. The number of hydrogen-bond acceptors (Lipinski definition) is 4. The largest absolute Gasteiger partial charge is 0.270 e. The molecular formula is C17H20N2O4S2. The molecule has 0 saturated carbocycles. The second-order valence-corrected chi connectivity index (χ2v) is 9.88.